The lowest BCUT2D eigenvalue weighted by Gasteiger charge is -2.12. The van der Waals surface area contributed by atoms with Gasteiger partial charge >= 0.3 is 5.69 Å². The molecule has 3 rings (SSSR count). The van der Waals surface area contributed by atoms with Crippen LogP contribution in [-0.4, -0.2) is 23.3 Å². The predicted molar refractivity (Wildman–Crippen MR) is 122 cm³/mol. The number of aryl methyl sites for hydroxylation is 2. The predicted octanol–water partition coefficient (Wildman–Crippen LogP) is 4.08. The summed E-state index contributed by atoms with van der Waals surface area (Å²) in [5.41, 5.74) is 4.52. The number of sulfonamides is 1. The van der Waals surface area contributed by atoms with E-state index in [4.69, 9.17) is 0 Å². The molecule has 1 heterocycles. The van der Waals surface area contributed by atoms with Crippen LogP contribution in [0.15, 0.2) is 59.8 Å². The zero-order valence-electron chi connectivity index (χ0n) is 17.7. The number of aromatic nitrogens is 2. The first-order chi connectivity index (χ1) is 15.3. The van der Waals surface area contributed by atoms with Crippen LogP contribution in [0.1, 0.15) is 30.9 Å². The van der Waals surface area contributed by atoms with Gasteiger partial charge in [-0.05, 0) is 49.6 Å². The summed E-state index contributed by atoms with van der Waals surface area (Å²) in [5.74, 6) is -0.355. The number of rotatable bonds is 10. The Morgan fingerprint density at radius 2 is 1.66 bits per heavy atom. The molecule has 0 atom stereocenters. The van der Waals surface area contributed by atoms with Crippen LogP contribution in [0.3, 0.4) is 0 Å². The molecule has 0 fully saturated rings. The first kappa shape index (κ1) is 23.1. The smallest absolute Gasteiger partial charge is 0.334 e. The number of nitrogens with one attached hydrogen (secondary N) is 3. The number of anilines is 3. The number of benzene rings is 2. The number of hydrogen-bond acceptors (Lipinski definition) is 8. The molecule has 0 aliphatic heterocycles. The number of nitro groups is 1. The highest BCUT2D eigenvalue weighted by Crippen LogP contribution is 2.31. The topological polar surface area (TPSA) is 139 Å². The molecule has 168 valence electrons. The minimum atomic E-state index is -3.97. The zero-order chi connectivity index (χ0) is 23.1. The Labute approximate surface area is 186 Å². The monoisotopic (exact) mass is 456 g/mol. The van der Waals surface area contributed by atoms with Gasteiger partial charge in [0.2, 0.25) is 11.6 Å². The molecule has 0 amide bonds. The van der Waals surface area contributed by atoms with E-state index >= 15 is 0 Å². The number of hydrogen-bond donors (Lipinski definition) is 3. The van der Waals surface area contributed by atoms with E-state index in [1.165, 1.54) is 17.7 Å². The molecule has 2 aromatic carbocycles. The zero-order valence-corrected chi connectivity index (χ0v) is 18.5. The van der Waals surface area contributed by atoms with Crippen LogP contribution >= 0.6 is 0 Å². The second-order valence-electron chi connectivity index (χ2n) is 7.15. The van der Waals surface area contributed by atoms with Gasteiger partial charge in [0.25, 0.3) is 10.0 Å². The standard InChI is InChI=1S/C21H24N6O4S/c1-3-4-5-16-8-10-17(11-9-16)24-20-19(27(28)29)21(23-14-22-20)25-26-32(30,31)18-12-6-15(2)7-13-18/h6-14,26H,3-5H2,1-2H3,(H2,22,23,24,25). The average Bonchev–Trinajstić information content (AvgIpc) is 2.77. The fourth-order valence-electron chi connectivity index (χ4n) is 2.90. The quantitative estimate of drug-likeness (QED) is 0.306. The molecule has 32 heavy (non-hydrogen) atoms. The highest BCUT2D eigenvalue weighted by atomic mass is 32.2. The van der Waals surface area contributed by atoms with E-state index in [-0.39, 0.29) is 16.5 Å². The van der Waals surface area contributed by atoms with Crippen LogP contribution in [0, 0.1) is 17.0 Å². The number of nitrogens with zero attached hydrogens (tertiary/aromatic N) is 3. The van der Waals surface area contributed by atoms with Gasteiger partial charge in [-0.25, -0.2) is 18.4 Å². The molecule has 1 aromatic heterocycles. The maximum absolute atomic E-state index is 12.5. The molecule has 3 aromatic rings. The maximum Gasteiger partial charge on any atom is 0.354 e. The van der Waals surface area contributed by atoms with E-state index in [1.807, 2.05) is 31.2 Å². The van der Waals surface area contributed by atoms with Crippen molar-refractivity contribution < 1.29 is 13.3 Å². The van der Waals surface area contributed by atoms with E-state index in [1.54, 1.807) is 12.1 Å². The Hall–Kier alpha value is -3.57. The Bertz CT molecular complexity index is 1180. The van der Waals surface area contributed by atoms with Crippen molar-refractivity contribution in [1.82, 2.24) is 14.8 Å². The summed E-state index contributed by atoms with van der Waals surface area (Å²) in [5, 5.41) is 14.6. The molecule has 0 saturated heterocycles. The van der Waals surface area contributed by atoms with Crippen molar-refractivity contribution in [1.29, 1.82) is 0 Å². The molecule has 3 N–H and O–H groups in total. The molecule has 10 nitrogen and oxygen atoms in total. The van der Waals surface area contributed by atoms with Gasteiger partial charge in [0, 0.05) is 5.69 Å². The van der Waals surface area contributed by atoms with E-state index in [0.717, 1.165) is 31.2 Å². The Morgan fingerprint density at radius 1 is 1.00 bits per heavy atom. The van der Waals surface area contributed by atoms with Crippen LogP contribution in [0.25, 0.3) is 0 Å². The van der Waals surface area contributed by atoms with Gasteiger partial charge in [-0.1, -0.05) is 43.2 Å². The summed E-state index contributed by atoms with van der Waals surface area (Å²) in [4.78, 5) is 20.9. The molecule has 0 aliphatic carbocycles. The molecular weight excluding hydrogens is 432 g/mol. The van der Waals surface area contributed by atoms with Crippen LogP contribution in [0.4, 0.5) is 23.0 Å². The van der Waals surface area contributed by atoms with Crippen molar-refractivity contribution in [3.8, 4) is 0 Å². The van der Waals surface area contributed by atoms with Crippen molar-refractivity contribution in [3.63, 3.8) is 0 Å². The first-order valence-electron chi connectivity index (χ1n) is 10.00. The Balaban J connectivity index is 1.80. The van der Waals surface area contributed by atoms with Gasteiger partial charge in [-0.2, -0.15) is 0 Å². The summed E-state index contributed by atoms with van der Waals surface area (Å²) >= 11 is 0. The van der Waals surface area contributed by atoms with Crippen LogP contribution in [-0.2, 0) is 16.4 Å². The highest BCUT2D eigenvalue weighted by Gasteiger charge is 2.25. The lowest BCUT2D eigenvalue weighted by Crippen LogP contribution is -2.30. The van der Waals surface area contributed by atoms with Crippen molar-refractivity contribution in [2.24, 2.45) is 0 Å². The van der Waals surface area contributed by atoms with Crippen LogP contribution in [0.5, 0.6) is 0 Å². The fourth-order valence-corrected chi connectivity index (χ4v) is 3.74. The number of hydrazine groups is 1. The Morgan fingerprint density at radius 3 is 2.28 bits per heavy atom. The van der Waals surface area contributed by atoms with Gasteiger partial charge < -0.3 is 5.32 Å². The van der Waals surface area contributed by atoms with Gasteiger partial charge in [0.1, 0.15) is 6.33 Å². The van der Waals surface area contributed by atoms with Gasteiger partial charge in [-0.15, -0.1) is 4.83 Å². The van der Waals surface area contributed by atoms with Crippen molar-refractivity contribution in [3.05, 3.63) is 76.1 Å². The molecule has 0 unspecified atom stereocenters. The SMILES string of the molecule is CCCCc1ccc(Nc2ncnc(NNS(=O)(=O)c3ccc(C)cc3)c2[N+](=O)[O-])cc1. The van der Waals surface area contributed by atoms with Crippen LogP contribution < -0.4 is 15.6 Å². The van der Waals surface area contributed by atoms with E-state index in [0.29, 0.717) is 5.69 Å². The Kier molecular flexibility index (Phi) is 7.33. The summed E-state index contributed by atoms with van der Waals surface area (Å²) < 4.78 is 25.0. The third kappa shape index (κ3) is 5.77. The second kappa shape index (κ2) is 10.2. The third-order valence-electron chi connectivity index (χ3n) is 4.68. The molecule has 0 spiro atoms. The van der Waals surface area contributed by atoms with Crippen molar-refractivity contribution >= 4 is 33.0 Å². The lowest BCUT2D eigenvalue weighted by atomic mass is 10.1. The summed E-state index contributed by atoms with van der Waals surface area (Å²) in [7, 11) is -3.97. The maximum atomic E-state index is 12.5. The van der Waals surface area contributed by atoms with E-state index in [9.17, 15) is 18.5 Å². The van der Waals surface area contributed by atoms with Crippen LogP contribution in [0.2, 0.25) is 0 Å². The van der Waals surface area contributed by atoms with Gasteiger partial charge in [0.15, 0.2) is 0 Å². The summed E-state index contributed by atoms with van der Waals surface area (Å²) in [6.45, 7) is 3.95. The number of unbranched alkanes of at least 4 members (excludes halogenated alkanes) is 1. The third-order valence-corrected chi connectivity index (χ3v) is 5.94. The largest absolute Gasteiger partial charge is 0.354 e. The first-order valence-corrected chi connectivity index (χ1v) is 11.5. The molecule has 11 heteroatoms. The van der Waals surface area contributed by atoms with Gasteiger partial charge in [-0.3, -0.25) is 15.5 Å². The summed E-state index contributed by atoms with van der Waals surface area (Å²) in [6.07, 6.45) is 4.24. The molecule has 0 bridgehead atoms. The average molecular weight is 457 g/mol. The molecular formula is C21H24N6O4S. The van der Waals surface area contributed by atoms with Crippen molar-refractivity contribution in [2.45, 2.75) is 38.0 Å². The molecule has 0 radical (unpaired) electrons. The highest BCUT2D eigenvalue weighted by molar-refractivity contribution is 7.89. The van der Waals surface area contributed by atoms with E-state index < -0.39 is 20.6 Å². The van der Waals surface area contributed by atoms with Crippen molar-refractivity contribution in [2.75, 3.05) is 10.7 Å². The van der Waals surface area contributed by atoms with Gasteiger partial charge in [0.05, 0.1) is 9.82 Å². The molecule has 0 saturated carbocycles. The summed E-state index contributed by atoms with van der Waals surface area (Å²) in [6, 6.07) is 13.7. The minimum absolute atomic E-state index is 0.00817. The van der Waals surface area contributed by atoms with E-state index in [2.05, 4.69) is 32.5 Å². The second-order valence-corrected chi connectivity index (χ2v) is 8.83. The minimum Gasteiger partial charge on any atom is -0.334 e. The lowest BCUT2D eigenvalue weighted by molar-refractivity contribution is -0.383. The fraction of sp³-hybridized carbons (Fsp3) is 0.238. The molecule has 0 aliphatic rings. The normalized spacial score (nSPS) is 11.2.